The molecule has 1 unspecified atom stereocenters. The van der Waals surface area contributed by atoms with Crippen LogP contribution in [0.1, 0.15) is 27.0 Å². The zero-order chi connectivity index (χ0) is 17.2. The van der Waals surface area contributed by atoms with Crippen molar-refractivity contribution in [3.63, 3.8) is 0 Å². The number of carbonyl (C=O) groups excluding carboxylic acids is 1. The number of amides is 1. The van der Waals surface area contributed by atoms with Crippen molar-refractivity contribution in [3.8, 4) is 9.88 Å². The molecule has 5 nitrogen and oxygen atoms in total. The number of hydrogen-bond donors (Lipinski definition) is 1. The highest BCUT2D eigenvalue weighted by molar-refractivity contribution is 7.22. The van der Waals surface area contributed by atoms with Crippen molar-refractivity contribution in [2.75, 3.05) is 19.6 Å². The monoisotopic (exact) mass is 370 g/mol. The summed E-state index contributed by atoms with van der Waals surface area (Å²) in [4.78, 5) is 25.9. The number of thiophene rings is 1. The zero-order valence-electron chi connectivity index (χ0n) is 13.8. The van der Waals surface area contributed by atoms with Crippen LogP contribution in [0.25, 0.3) is 9.88 Å². The van der Waals surface area contributed by atoms with Crippen LogP contribution in [0.15, 0.2) is 42.0 Å². The number of thiazole rings is 1. The van der Waals surface area contributed by atoms with Gasteiger partial charge in [-0.1, -0.05) is 12.1 Å². The van der Waals surface area contributed by atoms with E-state index < -0.39 is 0 Å². The van der Waals surface area contributed by atoms with Gasteiger partial charge in [0.25, 0.3) is 5.91 Å². The van der Waals surface area contributed by atoms with E-state index in [1.54, 1.807) is 17.5 Å². The molecule has 1 atom stereocenters. The van der Waals surface area contributed by atoms with Crippen LogP contribution in [0.2, 0.25) is 0 Å². The highest BCUT2D eigenvalue weighted by atomic mass is 32.1. The molecule has 1 aliphatic rings. The lowest BCUT2D eigenvalue weighted by molar-refractivity contribution is 0.0638. The third kappa shape index (κ3) is 3.22. The fraction of sp³-hybridized carbons (Fsp3) is 0.278. The van der Waals surface area contributed by atoms with Crippen molar-refractivity contribution in [1.29, 1.82) is 0 Å². The molecule has 4 rings (SSSR count). The van der Waals surface area contributed by atoms with Crippen LogP contribution in [0.3, 0.4) is 0 Å². The van der Waals surface area contributed by atoms with Crippen LogP contribution in [-0.4, -0.2) is 40.4 Å². The lowest BCUT2D eigenvalue weighted by atomic mass is 10.0. The van der Waals surface area contributed by atoms with Gasteiger partial charge in [-0.15, -0.1) is 22.7 Å². The minimum absolute atomic E-state index is 0.00152. The molecule has 1 amide bonds. The lowest BCUT2D eigenvalue weighted by Crippen LogP contribution is -2.48. The van der Waals surface area contributed by atoms with Crippen molar-refractivity contribution in [3.05, 3.63) is 58.2 Å². The molecular formula is C18H18N4OS2. The Labute approximate surface area is 154 Å². The summed E-state index contributed by atoms with van der Waals surface area (Å²) in [7, 11) is 0. The smallest absolute Gasteiger partial charge is 0.266 e. The molecule has 1 aliphatic heterocycles. The van der Waals surface area contributed by atoms with Crippen LogP contribution in [0, 0.1) is 6.92 Å². The second-order valence-corrected chi connectivity index (χ2v) is 7.86. The van der Waals surface area contributed by atoms with E-state index in [9.17, 15) is 4.79 Å². The maximum absolute atomic E-state index is 13.2. The highest BCUT2D eigenvalue weighted by Gasteiger charge is 2.31. The number of nitrogens with one attached hydrogen (secondary N) is 1. The van der Waals surface area contributed by atoms with Gasteiger partial charge in [0.05, 0.1) is 16.6 Å². The van der Waals surface area contributed by atoms with Gasteiger partial charge in [0.1, 0.15) is 9.88 Å². The Morgan fingerprint density at radius 1 is 1.36 bits per heavy atom. The number of hydrogen-bond acceptors (Lipinski definition) is 6. The van der Waals surface area contributed by atoms with Gasteiger partial charge in [-0.05, 0) is 30.0 Å². The van der Waals surface area contributed by atoms with Gasteiger partial charge >= 0.3 is 0 Å². The first kappa shape index (κ1) is 16.4. The topological polar surface area (TPSA) is 58.1 Å². The third-order valence-corrected chi connectivity index (χ3v) is 6.48. The molecule has 3 aromatic rings. The average molecular weight is 371 g/mol. The first-order valence-corrected chi connectivity index (χ1v) is 9.86. The normalized spacial score (nSPS) is 17.6. The van der Waals surface area contributed by atoms with E-state index in [0.717, 1.165) is 39.1 Å². The van der Waals surface area contributed by atoms with Gasteiger partial charge in [-0.2, -0.15) is 0 Å². The minimum atomic E-state index is 0.00152. The van der Waals surface area contributed by atoms with Crippen molar-refractivity contribution in [1.82, 2.24) is 20.2 Å². The molecule has 1 N–H and O–H groups in total. The molecule has 0 aromatic carbocycles. The molecule has 3 aromatic heterocycles. The SMILES string of the molecule is Cc1nc(-c2cccs2)sc1C(=O)N1CCNCC1c1cccnc1. The highest BCUT2D eigenvalue weighted by Crippen LogP contribution is 2.33. The predicted octanol–water partition coefficient (Wildman–Crippen LogP) is 3.36. The summed E-state index contributed by atoms with van der Waals surface area (Å²) < 4.78 is 0. The van der Waals surface area contributed by atoms with Crippen molar-refractivity contribution >= 4 is 28.6 Å². The van der Waals surface area contributed by atoms with E-state index in [-0.39, 0.29) is 11.9 Å². The third-order valence-electron chi connectivity index (χ3n) is 4.30. The molecule has 0 radical (unpaired) electrons. The Hall–Kier alpha value is -2.09. The Bertz CT molecular complexity index is 861. The molecule has 128 valence electrons. The van der Waals surface area contributed by atoms with Gasteiger partial charge in [0, 0.05) is 32.0 Å². The van der Waals surface area contributed by atoms with Gasteiger partial charge < -0.3 is 10.2 Å². The lowest BCUT2D eigenvalue weighted by Gasteiger charge is -2.36. The van der Waals surface area contributed by atoms with Crippen LogP contribution >= 0.6 is 22.7 Å². The number of carbonyl (C=O) groups is 1. The Kier molecular flexibility index (Phi) is 4.61. The number of piperazine rings is 1. The van der Waals surface area contributed by atoms with Gasteiger partial charge in [-0.25, -0.2) is 4.98 Å². The molecular weight excluding hydrogens is 352 g/mol. The molecule has 0 bridgehead atoms. The van der Waals surface area contributed by atoms with E-state index >= 15 is 0 Å². The zero-order valence-corrected chi connectivity index (χ0v) is 15.4. The first-order chi connectivity index (χ1) is 12.2. The summed E-state index contributed by atoms with van der Waals surface area (Å²) in [5.74, 6) is 0.0631. The summed E-state index contributed by atoms with van der Waals surface area (Å²) in [6.45, 7) is 4.15. The van der Waals surface area contributed by atoms with Gasteiger partial charge in [0.2, 0.25) is 0 Å². The molecule has 0 spiro atoms. The van der Waals surface area contributed by atoms with Crippen LogP contribution < -0.4 is 5.32 Å². The van der Waals surface area contributed by atoms with Crippen LogP contribution in [0.5, 0.6) is 0 Å². The van der Waals surface area contributed by atoms with E-state index in [1.165, 1.54) is 11.3 Å². The number of aryl methyl sites for hydroxylation is 1. The summed E-state index contributed by atoms with van der Waals surface area (Å²) in [5, 5.41) is 6.33. The largest absolute Gasteiger partial charge is 0.328 e. The molecule has 4 heterocycles. The molecule has 7 heteroatoms. The van der Waals surface area contributed by atoms with E-state index in [1.807, 2.05) is 47.7 Å². The Balaban J connectivity index is 1.65. The summed E-state index contributed by atoms with van der Waals surface area (Å²) >= 11 is 3.14. The fourth-order valence-corrected chi connectivity index (χ4v) is 4.87. The average Bonchev–Trinajstić information content (AvgIpc) is 3.31. The second kappa shape index (κ2) is 7.03. The number of aromatic nitrogens is 2. The van der Waals surface area contributed by atoms with Gasteiger partial charge in [0.15, 0.2) is 0 Å². The second-order valence-electron chi connectivity index (χ2n) is 5.92. The van der Waals surface area contributed by atoms with Crippen molar-refractivity contribution in [2.45, 2.75) is 13.0 Å². The Morgan fingerprint density at radius 2 is 2.28 bits per heavy atom. The first-order valence-electron chi connectivity index (χ1n) is 8.17. The van der Waals surface area contributed by atoms with E-state index in [4.69, 9.17) is 0 Å². The maximum atomic E-state index is 13.2. The molecule has 1 saturated heterocycles. The van der Waals surface area contributed by atoms with Crippen molar-refractivity contribution < 1.29 is 4.79 Å². The minimum Gasteiger partial charge on any atom is -0.328 e. The summed E-state index contributed by atoms with van der Waals surface area (Å²) in [6, 6.07) is 8.00. The van der Waals surface area contributed by atoms with Crippen LogP contribution in [-0.2, 0) is 0 Å². The van der Waals surface area contributed by atoms with E-state index in [0.29, 0.717) is 6.54 Å². The fourth-order valence-electron chi connectivity index (χ4n) is 3.05. The molecule has 25 heavy (non-hydrogen) atoms. The number of rotatable bonds is 3. The molecule has 0 aliphatic carbocycles. The summed E-state index contributed by atoms with van der Waals surface area (Å²) in [6.07, 6.45) is 3.60. The molecule has 1 fully saturated rings. The van der Waals surface area contributed by atoms with Gasteiger partial charge in [-0.3, -0.25) is 9.78 Å². The van der Waals surface area contributed by atoms with Crippen LogP contribution in [0.4, 0.5) is 0 Å². The number of nitrogens with zero attached hydrogens (tertiary/aromatic N) is 3. The standard InChI is InChI=1S/C18H18N4OS2/c1-12-16(25-17(21-12)15-5-3-9-24-15)18(23)22-8-7-20-11-14(22)13-4-2-6-19-10-13/h2-6,9-10,14,20H,7-8,11H2,1H3. The maximum Gasteiger partial charge on any atom is 0.266 e. The predicted molar refractivity (Wildman–Crippen MR) is 101 cm³/mol. The quantitative estimate of drug-likeness (QED) is 0.768. The Morgan fingerprint density at radius 3 is 3.04 bits per heavy atom. The number of pyridine rings is 1. The summed E-state index contributed by atoms with van der Waals surface area (Å²) in [5.41, 5.74) is 1.87. The van der Waals surface area contributed by atoms with Crippen molar-refractivity contribution in [2.24, 2.45) is 0 Å². The van der Waals surface area contributed by atoms with E-state index in [2.05, 4.69) is 15.3 Å². The molecule has 0 saturated carbocycles.